The Kier molecular flexibility index (Phi) is 5.83. The van der Waals surface area contributed by atoms with Gasteiger partial charge in [-0.15, -0.1) is 0 Å². The molecule has 0 spiro atoms. The number of ether oxygens (including phenoxy) is 2. The maximum atomic E-state index is 12.0. The van der Waals surface area contributed by atoms with E-state index in [1.54, 1.807) is 12.3 Å². The molecule has 0 aliphatic carbocycles. The fraction of sp³-hybridized carbons (Fsp3) is 0.143. The molecular weight excluding hydrogens is 328 g/mol. The van der Waals surface area contributed by atoms with Crippen molar-refractivity contribution in [3.8, 4) is 5.75 Å². The van der Waals surface area contributed by atoms with Crippen molar-refractivity contribution >= 4 is 11.7 Å². The van der Waals surface area contributed by atoms with Crippen molar-refractivity contribution in [2.45, 2.75) is 13.2 Å². The summed E-state index contributed by atoms with van der Waals surface area (Å²) in [5.41, 5.74) is 3.08. The third-order valence-corrected chi connectivity index (χ3v) is 3.81. The first-order valence-corrected chi connectivity index (χ1v) is 8.29. The number of nitrogens with zero attached hydrogens (tertiary/aromatic N) is 1. The molecule has 0 atom stereocenters. The van der Waals surface area contributed by atoms with Gasteiger partial charge in [0.25, 0.3) is 0 Å². The predicted molar refractivity (Wildman–Crippen MR) is 100 cm³/mol. The van der Waals surface area contributed by atoms with E-state index in [-0.39, 0.29) is 5.69 Å². The van der Waals surface area contributed by atoms with Crippen LogP contribution in [0.3, 0.4) is 0 Å². The summed E-state index contributed by atoms with van der Waals surface area (Å²) in [5.74, 6) is -0.138. The number of esters is 1. The summed E-state index contributed by atoms with van der Waals surface area (Å²) in [6, 6.07) is 21.5. The molecule has 5 heteroatoms. The lowest BCUT2D eigenvalue weighted by Gasteiger charge is -2.13. The number of aromatic nitrogens is 1. The number of nitrogens with one attached hydrogen (secondary N) is 1. The second-order valence-corrected chi connectivity index (χ2v) is 5.68. The summed E-state index contributed by atoms with van der Waals surface area (Å²) in [4.78, 5) is 16.2. The van der Waals surface area contributed by atoms with Crippen molar-refractivity contribution in [2.24, 2.45) is 0 Å². The molecule has 0 saturated carbocycles. The summed E-state index contributed by atoms with van der Waals surface area (Å²) in [5, 5.41) is 3.29. The quantitative estimate of drug-likeness (QED) is 0.653. The number of methoxy groups -OCH3 is 1. The second kappa shape index (κ2) is 8.67. The van der Waals surface area contributed by atoms with Gasteiger partial charge in [0.1, 0.15) is 6.61 Å². The molecule has 3 rings (SSSR count). The number of rotatable bonds is 7. The van der Waals surface area contributed by atoms with Gasteiger partial charge in [-0.25, -0.2) is 9.78 Å². The van der Waals surface area contributed by atoms with Gasteiger partial charge in [0.2, 0.25) is 0 Å². The van der Waals surface area contributed by atoms with Crippen molar-refractivity contribution in [3.05, 3.63) is 89.7 Å². The van der Waals surface area contributed by atoms with Crippen LogP contribution in [0.5, 0.6) is 5.75 Å². The van der Waals surface area contributed by atoms with Gasteiger partial charge < -0.3 is 14.8 Å². The Labute approximate surface area is 152 Å². The van der Waals surface area contributed by atoms with Gasteiger partial charge in [-0.05, 0) is 11.1 Å². The van der Waals surface area contributed by atoms with Crippen LogP contribution in [0.25, 0.3) is 0 Å². The number of benzene rings is 2. The Bertz CT molecular complexity index is 852. The molecule has 2 aromatic carbocycles. The zero-order valence-corrected chi connectivity index (χ0v) is 14.5. The molecule has 0 unspecified atom stereocenters. The van der Waals surface area contributed by atoms with E-state index in [0.717, 1.165) is 16.8 Å². The average Bonchev–Trinajstić information content (AvgIpc) is 2.71. The Morgan fingerprint density at radius 2 is 1.65 bits per heavy atom. The molecular formula is C21H20N2O3. The smallest absolute Gasteiger partial charge is 0.360 e. The van der Waals surface area contributed by atoms with Gasteiger partial charge in [-0.2, -0.15) is 0 Å². The van der Waals surface area contributed by atoms with E-state index in [1.807, 2.05) is 60.7 Å². The van der Waals surface area contributed by atoms with Crippen LogP contribution < -0.4 is 10.1 Å². The van der Waals surface area contributed by atoms with E-state index in [0.29, 0.717) is 18.9 Å². The van der Waals surface area contributed by atoms with Crippen molar-refractivity contribution in [2.75, 3.05) is 12.4 Å². The third-order valence-electron chi connectivity index (χ3n) is 3.81. The van der Waals surface area contributed by atoms with E-state index in [9.17, 15) is 4.79 Å². The van der Waals surface area contributed by atoms with Crippen molar-refractivity contribution in [1.82, 2.24) is 4.98 Å². The van der Waals surface area contributed by atoms with Gasteiger partial charge in [0.05, 0.1) is 19.0 Å². The fourth-order valence-electron chi connectivity index (χ4n) is 2.44. The van der Waals surface area contributed by atoms with Crippen molar-refractivity contribution in [3.63, 3.8) is 0 Å². The molecule has 3 aromatic rings. The molecule has 0 fully saturated rings. The van der Waals surface area contributed by atoms with Gasteiger partial charge in [-0.3, -0.25) is 0 Å². The fourth-order valence-corrected chi connectivity index (χ4v) is 2.44. The number of anilines is 1. The molecule has 5 nitrogen and oxygen atoms in total. The second-order valence-electron chi connectivity index (χ2n) is 5.68. The highest BCUT2D eigenvalue weighted by molar-refractivity contribution is 5.90. The summed E-state index contributed by atoms with van der Waals surface area (Å²) < 4.78 is 10.6. The predicted octanol–water partition coefficient (Wildman–Crippen LogP) is 4.06. The Morgan fingerprint density at radius 1 is 1.00 bits per heavy atom. The zero-order chi connectivity index (χ0) is 18.2. The standard InChI is InChI=1S/C21H20N2O3/c1-25-21(24)20-19(26-15-17-10-6-3-7-11-17)12-18(14-23-20)22-13-16-8-4-2-5-9-16/h2-12,14,22H,13,15H2,1H3. The minimum absolute atomic E-state index is 0.161. The minimum atomic E-state index is -0.525. The summed E-state index contributed by atoms with van der Waals surface area (Å²) in [6.07, 6.45) is 1.60. The first-order valence-electron chi connectivity index (χ1n) is 8.29. The Morgan fingerprint density at radius 3 is 2.31 bits per heavy atom. The van der Waals surface area contributed by atoms with Crippen LogP contribution in [0.1, 0.15) is 21.6 Å². The van der Waals surface area contributed by atoms with E-state index >= 15 is 0 Å². The number of carbonyl (C=O) groups is 1. The first-order chi connectivity index (χ1) is 12.8. The molecule has 26 heavy (non-hydrogen) atoms. The van der Waals surface area contributed by atoms with Gasteiger partial charge in [0, 0.05) is 12.6 Å². The lowest BCUT2D eigenvalue weighted by molar-refractivity contribution is 0.0588. The molecule has 0 aliphatic heterocycles. The van der Waals surface area contributed by atoms with Crippen LogP contribution >= 0.6 is 0 Å². The molecule has 0 amide bonds. The number of hydrogen-bond acceptors (Lipinski definition) is 5. The molecule has 0 saturated heterocycles. The van der Waals surface area contributed by atoms with Crippen LogP contribution in [-0.4, -0.2) is 18.1 Å². The van der Waals surface area contributed by atoms with Gasteiger partial charge in [-0.1, -0.05) is 60.7 Å². The van der Waals surface area contributed by atoms with E-state index in [1.165, 1.54) is 7.11 Å². The highest BCUT2D eigenvalue weighted by Gasteiger charge is 2.16. The SMILES string of the molecule is COC(=O)c1ncc(NCc2ccccc2)cc1OCc1ccccc1. The van der Waals surface area contributed by atoms with Gasteiger partial charge in [0.15, 0.2) is 11.4 Å². The molecule has 0 aliphatic rings. The van der Waals surface area contributed by atoms with Crippen molar-refractivity contribution in [1.29, 1.82) is 0 Å². The molecule has 1 aromatic heterocycles. The summed E-state index contributed by atoms with van der Waals surface area (Å²) in [6.45, 7) is 0.993. The summed E-state index contributed by atoms with van der Waals surface area (Å²) in [7, 11) is 1.33. The van der Waals surface area contributed by atoms with Crippen LogP contribution in [0.2, 0.25) is 0 Å². The Balaban J connectivity index is 1.76. The number of hydrogen-bond donors (Lipinski definition) is 1. The van der Waals surface area contributed by atoms with Crippen LogP contribution in [-0.2, 0) is 17.9 Å². The van der Waals surface area contributed by atoms with Crippen LogP contribution in [0.4, 0.5) is 5.69 Å². The highest BCUT2D eigenvalue weighted by Crippen LogP contribution is 2.23. The van der Waals surface area contributed by atoms with Crippen LogP contribution in [0, 0.1) is 0 Å². The molecule has 132 valence electrons. The molecule has 0 radical (unpaired) electrons. The number of pyridine rings is 1. The monoisotopic (exact) mass is 348 g/mol. The topological polar surface area (TPSA) is 60.5 Å². The maximum Gasteiger partial charge on any atom is 0.360 e. The van der Waals surface area contributed by atoms with Gasteiger partial charge >= 0.3 is 5.97 Å². The van der Waals surface area contributed by atoms with Crippen molar-refractivity contribution < 1.29 is 14.3 Å². The normalized spacial score (nSPS) is 10.2. The third kappa shape index (κ3) is 4.60. The van der Waals surface area contributed by atoms with E-state index in [4.69, 9.17) is 9.47 Å². The zero-order valence-electron chi connectivity index (χ0n) is 14.5. The lowest BCUT2D eigenvalue weighted by atomic mass is 10.2. The molecule has 1 N–H and O–H groups in total. The highest BCUT2D eigenvalue weighted by atomic mass is 16.5. The van der Waals surface area contributed by atoms with E-state index < -0.39 is 5.97 Å². The first kappa shape index (κ1) is 17.5. The van der Waals surface area contributed by atoms with Crippen LogP contribution in [0.15, 0.2) is 72.9 Å². The largest absolute Gasteiger partial charge is 0.486 e. The maximum absolute atomic E-state index is 12.0. The van der Waals surface area contributed by atoms with E-state index in [2.05, 4.69) is 10.3 Å². The Hall–Kier alpha value is -3.34. The molecule has 0 bridgehead atoms. The molecule has 1 heterocycles. The number of carbonyl (C=O) groups excluding carboxylic acids is 1. The summed E-state index contributed by atoms with van der Waals surface area (Å²) >= 11 is 0. The average molecular weight is 348 g/mol. The minimum Gasteiger partial charge on any atom is -0.486 e. The lowest BCUT2D eigenvalue weighted by Crippen LogP contribution is -2.09.